The molecule has 0 aliphatic heterocycles. The van der Waals surface area contributed by atoms with Crippen molar-refractivity contribution in [2.24, 2.45) is 0 Å². The summed E-state index contributed by atoms with van der Waals surface area (Å²) in [5.41, 5.74) is 0.736. The standard InChI is InChI=1S/C11H12ClNO3/c12-11-2-1-6(5-13-11)7-3-9(15)10(16)4-8(7)14/h1-2,5,7,9-10,15-16H,3-4H2/t7?,9-,10-/m1/s1. The van der Waals surface area contributed by atoms with Gasteiger partial charge in [-0.3, -0.25) is 4.79 Å². The zero-order valence-corrected chi connectivity index (χ0v) is 9.26. The van der Waals surface area contributed by atoms with Crippen molar-refractivity contribution in [2.75, 3.05) is 0 Å². The van der Waals surface area contributed by atoms with Gasteiger partial charge in [0, 0.05) is 18.5 Å². The van der Waals surface area contributed by atoms with Crippen LogP contribution in [0, 0.1) is 0 Å². The molecule has 1 aliphatic rings. The van der Waals surface area contributed by atoms with E-state index in [-0.39, 0.29) is 24.5 Å². The van der Waals surface area contributed by atoms with Crippen molar-refractivity contribution >= 4 is 17.4 Å². The van der Waals surface area contributed by atoms with E-state index in [1.807, 2.05) is 0 Å². The number of hydrogen-bond acceptors (Lipinski definition) is 4. The van der Waals surface area contributed by atoms with Crippen LogP contribution in [0.5, 0.6) is 0 Å². The van der Waals surface area contributed by atoms with Crippen molar-refractivity contribution in [3.05, 3.63) is 29.0 Å². The zero-order valence-electron chi connectivity index (χ0n) is 8.51. The lowest BCUT2D eigenvalue weighted by atomic mass is 9.80. The fourth-order valence-corrected chi connectivity index (χ4v) is 2.04. The van der Waals surface area contributed by atoms with E-state index in [1.54, 1.807) is 12.1 Å². The van der Waals surface area contributed by atoms with Crippen LogP contribution < -0.4 is 0 Å². The minimum absolute atomic E-state index is 0.00550. The minimum atomic E-state index is -0.941. The molecule has 5 heteroatoms. The Bertz CT molecular complexity index is 393. The van der Waals surface area contributed by atoms with Crippen LogP contribution in [0.15, 0.2) is 18.3 Å². The van der Waals surface area contributed by atoms with Gasteiger partial charge in [0.1, 0.15) is 10.9 Å². The van der Waals surface area contributed by atoms with Crippen LogP contribution in [0.1, 0.15) is 24.3 Å². The van der Waals surface area contributed by atoms with Crippen molar-refractivity contribution in [3.8, 4) is 0 Å². The maximum Gasteiger partial charge on any atom is 0.143 e. The number of aliphatic hydroxyl groups excluding tert-OH is 2. The summed E-state index contributed by atoms with van der Waals surface area (Å²) in [6.45, 7) is 0. The number of aromatic nitrogens is 1. The first-order valence-electron chi connectivity index (χ1n) is 5.08. The molecule has 4 nitrogen and oxygen atoms in total. The summed E-state index contributed by atoms with van der Waals surface area (Å²) < 4.78 is 0. The Morgan fingerprint density at radius 1 is 1.31 bits per heavy atom. The van der Waals surface area contributed by atoms with Crippen molar-refractivity contribution in [1.82, 2.24) is 4.98 Å². The van der Waals surface area contributed by atoms with Gasteiger partial charge in [-0.1, -0.05) is 17.7 Å². The molecule has 1 saturated carbocycles. The molecule has 1 fully saturated rings. The average molecular weight is 242 g/mol. The summed E-state index contributed by atoms with van der Waals surface area (Å²) in [5, 5.41) is 19.3. The summed E-state index contributed by atoms with van der Waals surface area (Å²) in [7, 11) is 0. The van der Waals surface area contributed by atoms with Gasteiger partial charge in [0.15, 0.2) is 0 Å². The van der Waals surface area contributed by atoms with E-state index in [1.165, 1.54) is 6.20 Å². The number of ketones is 1. The summed E-state index contributed by atoms with van der Waals surface area (Å²) in [6, 6.07) is 3.34. The molecule has 1 aromatic rings. The summed E-state index contributed by atoms with van der Waals surface area (Å²) >= 11 is 5.65. The third-order valence-corrected chi connectivity index (χ3v) is 3.10. The summed E-state index contributed by atoms with van der Waals surface area (Å²) in [4.78, 5) is 15.6. The van der Waals surface area contributed by atoms with Gasteiger partial charge < -0.3 is 10.2 Å². The molecular formula is C11H12ClNO3. The molecule has 0 saturated heterocycles. The number of carbonyl (C=O) groups is 1. The van der Waals surface area contributed by atoms with Crippen LogP contribution in [0.4, 0.5) is 0 Å². The van der Waals surface area contributed by atoms with Crippen molar-refractivity contribution in [1.29, 1.82) is 0 Å². The number of Topliss-reactive ketones (excluding diaryl/α,β-unsaturated/α-hetero) is 1. The van der Waals surface area contributed by atoms with Gasteiger partial charge in [0.05, 0.1) is 12.2 Å². The van der Waals surface area contributed by atoms with Gasteiger partial charge in [-0.25, -0.2) is 4.98 Å². The lowest BCUT2D eigenvalue weighted by Gasteiger charge is -2.28. The molecule has 2 rings (SSSR count). The fourth-order valence-electron chi connectivity index (χ4n) is 1.93. The monoisotopic (exact) mass is 241 g/mol. The molecule has 0 amide bonds. The SMILES string of the molecule is O=C1C[C@@H](O)[C@H](O)CC1c1ccc(Cl)nc1. The fraction of sp³-hybridized carbons (Fsp3) is 0.455. The largest absolute Gasteiger partial charge is 0.390 e. The Kier molecular flexibility index (Phi) is 3.23. The Morgan fingerprint density at radius 3 is 2.69 bits per heavy atom. The van der Waals surface area contributed by atoms with Gasteiger partial charge in [0.2, 0.25) is 0 Å². The van der Waals surface area contributed by atoms with Gasteiger partial charge in [-0.15, -0.1) is 0 Å². The Balaban J connectivity index is 2.20. The van der Waals surface area contributed by atoms with Crippen LogP contribution in [-0.4, -0.2) is 33.2 Å². The highest BCUT2D eigenvalue weighted by molar-refractivity contribution is 6.29. The van der Waals surface area contributed by atoms with Crippen LogP contribution in [-0.2, 0) is 4.79 Å². The van der Waals surface area contributed by atoms with E-state index in [0.29, 0.717) is 5.15 Å². The molecule has 1 aromatic heterocycles. The number of aliphatic hydroxyl groups is 2. The second-order valence-corrected chi connectivity index (χ2v) is 4.39. The maximum atomic E-state index is 11.7. The van der Waals surface area contributed by atoms with Crippen LogP contribution in [0.25, 0.3) is 0 Å². The van der Waals surface area contributed by atoms with Crippen molar-refractivity contribution in [3.63, 3.8) is 0 Å². The number of rotatable bonds is 1. The molecule has 86 valence electrons. The van der Waals surface area contributed by atoms with Crippen LogP contribution in [0.2, 0.25) is 5.15 Å². The molecule has 1 aliphatic carbocycles. The Hall–Kier alpha value is -0.970. The summed E-state index contributed by atoms with van der Waals surface area (Å²) in [6.07, 6.45) is -0.0185. The van der Waals surface area contributed by atoms with E-state index in [4.69, 9.17) is 11.6 Å². The molecule has 0 aromatic carbocycles. The summed E-state index contributed by atoms with van der Waals surface area (Å²) in [5.74, 6) is -0.454. The quantitative estimate of drug-likeness (QED) is 0.717. The predicted molar refractivity (Wildman–Crippen MR) is 58.2 cm³/mol. The molecule has 3 atom stereocenters. The molecular weight excluding hydrogens is 230 g/mol. The second kappa shape index (κ2) is 4.49. The van der Waals surface area contributed by atoms with Crippen LogP contribution in [0.3, 0.4) is 0 Å². The number of carbonyl (C=O) groups excluding carboxylic acids is 1. The topological polar surface area (TPSA) is 70.4 Å². The number of pyridine rings is 1. The lowest BCUT2D eigenvalue weighted by Crippen LogP contribution is -2.38. The van der Waals surface area contributed by atoms with Gasteiger partial charge >= 0.3 is 0 Å². The van der Waals surface area contributed by atoms with Gasteiger partial charge in [0.25, 0.3) is 0 Å². The molecule has 1 heterocycles. The van der Waals surface area contributed by atoms with E-state index < -0.39 is 12.2 Å². The minimum Gasteiger partial charge on any atom is -0.390 e. The third-order valence-electron chi connectivity index (χ3n) is 2.87. The highest BCUT2D eigenvalue weighted by Gasteiger charge is 2.34. The van der Waals surface area contributed by atoms with E-state index >= 15 is 0 Å². The number of hydrogen-bond donors (Lipinski definition) is 2. The van der Waals surface area contributed by atoms with E-state index in [0.717, 1.165) is 5.56 Å². The maximum absolute atomic E-state index is 11.7. The third kappa shape index (κ3) is 2.24. The number of nitrogens with zero attached hydrogens (tertiary/aromatic N) is 1. The number of halogens is 1. The lowest BCUT2D eigenvalue weighted by molar-refractivity contribution is -0.129. The smallest absolute Gasteiger partial charge is 0.143 e. The van der Waals surface area contributed by atoms with Crippen molar-refractivity contribution in [2.45, 2.75) is 31.0 Å². The van der Waals surface area contributed by atoms with E-state index in [2.05, 4.69) is 4.98 Å². The van der Waals surface area contributed by atoms with Crippen molar-refractivity contribution < 1.29 is 15.0 Å². The molecule has 0 radical (unpaired) electrons. The molecule has 1 unspecified atom stereocenters. The first-order valence-corrected chi connectivity index (χ1v) is 5.46. The van der Waals surface area contributed by atoms with Gasteiger partial charge in [-0.2, -0.15) is 0 Å². The molecule has 16 heavy (non-hydrogen) atoms. The molecule has 2 N–H and O–H groups in total. The first-order chi connectivity index (χ1) is 7.58. The highest BCUT2D eigenvalue weighted by Crippen LogP contribution is 2.30. The normalized spacial score (nSPS) is 30.4. The van der Waals surface area contributed by atoms with Gasteiger partial charge in [-0.05, 0) is 18.1 Å². The molecule has 0 spiro atoms. The Labute approximate surface area is 97.9 Å². The zero-order chi connectivity index (χ0) is 11.7. The van der Waals surface area contributed by atoms with E-state index in [9.17, 15) is 15.0 Å². The molecule has 0 bridgehead atoms. The predicted octanol–water partition coefficient (Wildman–Crippen LogP) is 0.903. The second-order valence-electron chi connectivity index (χ2n) is 4.01. The first kappa shape index (κ1) is 11.5. The highest BCUT2D eigenvalue weighted by atomic mass is 35.5. The average Bonchev–Trinajstić information content (AvgIpc) is 2.25. The van der Waals surface area contributed by atoms with Crippen LogP contribution >= 0.6 is 11.6 Å². The Morgan fingerprint density at radius 2 is 2.06 bits per heavy atom.